The number of fused-ring (bicyclic) bond motifs is 5. The van der Waals surface area contributed by atoms with Gasteiger partial charge in [0.05, 0.1) is 13.2 Å². The molecule has 1 unspecified atom stereocenters. The molecule has 182 valence electrons. The molecule has 0 saturated heterocycles. The zero-order chi connectivity index (χ0) is 23.3. The summed E-state index contributed by atoms with van der Waals surface area (Å²) >= 11 is 0. The number of rotatable bonds is 5. The minimum absolute atomic E-state index is 0.0146. The molecule has 32 heavy (non-hydrogen) atoms. The van der Waals surface area contributed by atoms with E-state index in [9.17, 15) is 14.7 Å². The van der Waals surface area contributed by atoms with E-state index in [1.807, 2.05) is 0 Å². The maximum Gasteiger partial charge on any atom is 0.305 e. The zero-order valence-corrected chi connectivity index (χ0v) is 20.8. The first kappa shape index (κ1) is 24.0. The Morgan fingerprint density at radius 1 is 1.09 bits per heavy atom. The second kappa shape index (κ2) is 8.92. The molecule has 0 amide bonds. The van der Waals surface area contributed by atoms with Crippen molar-refractivity contribution >= 4 is 11.9 Å². The van der Waals surface area contributed by atoms with Crippen molar-refractivity contribution in [1.82, 2.24) is 0 Å². The fourth-order valence-corrected chi connectivity index (χ4v) is 9.26. The molecule has 0 spiro atoms. The fraction of sp³-hybridized carbons (Fsp3) is 0.926. The topological polar surface area (TPSA) is 72.8 Å². The summed E-state index contributed by atoms with van der Waals surface area (Å²) in [5.41, 5.74) is 0.191. The van der Waals surface area contributed by atoms with E-state index in [4.69, 9.17) is 9.47 Å². The highest BCUT2D eigenvalue weighted by Crippen LogP contribution is 2.68. The predicted molar refractivity (Wildman–Crippen MR) is 123 cm³/mol. The summed E-state index contributed by atoms with van der Waals surface area (Å²) in [7, 11) is 1.47. The van der Waals surface area contributed by atoms with Crippen molar-refractivity contribution in [3.63, 3.8) is 0 Å². The molecule has 4 fully saturated rings. The van der Waals surface area contributed by atoms with Gasteiger partial charge in [0.25, 0.3) is 0 Å². The van der Waals surface area contributed by atoms with Crippen molar-refractivity contribution in [2.24, 2.45) is 46.3 Å². The molecule has 0 heterocycles. The standard InChI is InChI=1S/C27H44O5/c1-16(9-12-24(30)31-5)19-10-11-20-25-21(13-14-26(19,20)3)27(4)18(15-22(25)29)7-6-8-23(27)32-17(2)28/h16,18-23,25,29H,6-15H2,1-5H3/t16-,18+,19-,20+,21+,22+,23?,25+,26-,27+/m1/s1. The molecule has 4 rings (SSSR count). The number of hydrogen-bond donors (Lipinski definition) is 1. The van der Waals surface area contributed by atoms with Gasteiger partial charge in [0.15, 0.2) is 0 Å². The van der Waals surface area contributed by atoms with Crippen LogP contribution >= 0.6 is 0 Å². The average molecular weight is 449 g/mol. The molecular formula is C27H44O5. The van der Waals surface area contributed by atoms with E-state index in [2.05, 4.69) is 20.8 Å². The van der Waals surface area contributed by atoms with Gasteiger partial charge in [-0.25, -0.2) is 0 Å². The smallest absolute Gasteiger partial charge is 0.305 e. The first-order valence-corrected chi connectivity index (χ1v) is 13.0. The molecule has 0 aliphatic heterocycles. The molecule has 1 N–H and O–H groups in total. The maximum atomic E-state index is 11.9. The van der Waals surface area contributed by atoms with Gasteiger partial charge in [0, 0.05) is 18.8 Å². The molecular weight excluding hydrogens is 404 g/mol. The van der Waals surface area contributed by atoms with E-state index in [1.54, 1.807) is 0 Å². The second-order valence-electron chi connectivity index (χ2n) is 12.0. The lowest BCUT2D eigenvalue weighted by Gasteiger charge is -2.63. The average Bonchev–Trinajstić information content (AvgIpc) is 3.10. The van der Waals surface area contributed by atoms with Gasteiger partial charge < -0.3 is 14.6 Å². The van der Waals surface area contributed by atoms with Crippen LogP contribution in [0.3, 0.4) is 0 Å². The summed E-state index contributed by atoms with van der Waals surface area (Å²) in [5.74, 6) is 2.46. The van der Waals surface area contributed by atoms with Crippen molar-refractivity contribution in [2.45, 2.75) is 104 Å². The maximum absolute atomic E-state index is 11.9. The molecule has 4 aliphatic rings. The van der Waals surface area contributed by atoms with Gasteiger partial charge in [0.2, 0.25) is 0 Å². The lowest BCUT2D eigenvalue weighted by atomic mass is 9.43. The lowest BCUT2D eigenvalue weighted by Crippen LogP contribution is -2.62. The second-order valence-corrected chi connectivity index (χ2v) is 12.0. The summed E-state index contributed by atoms with van der Waals surface area (Å²) in [6.45, 7) is 8.69. The summed E-state index contributed by atoms with van der Waals surface area (Å²) in [6, 6.07) is 0. The summed E-state index contributed by atoms with van der Waals surface area (Å²) < 4.78 is 10.8. The third-order valence-corrected chi connectivity index (χ3v) is 10.8. The molecule has 0 bridgehead atoms. The molecule has 0 aromatic carbocycles. The fourth-order valence-electron chi connectivity index (χ4n) is 9.26. The molecule has 5 heteroatoms. The number of aliphatic hydroxyl groups excluding tert-OH is 1. The Balaban J connectivity index is 1.57. The first-order valence-electron chi connectivity index (χ1n) is 13.0. The zero-order valence-electron chi connectivity index (χ0n) is 20.8. The van der Waals surface area contributed by atoms with E-state index in [1.165, 1.54) is 33.3 Å². The Kier molecular flexibility index (Phi) is 6.70. The predicted octanol–water partition coefficient (Wildman–Crippen LogP) is 5.14. The Morgan fingerprint density at radius 3 is 2.53 bits per heavy atom. The van der Waals surface area contributed by atoms with Crippen molar-refractivity contribution < 1.29 is 24.2 Å². The third-order valence-electron chi connectivity index (χ3n) is 10.8. The highest BCUT2D eigenvalue weighted by molar-refractivity contribution is 5.69. The quantitative estimate of drug-likeness (QED) is 0.590. The van der Waals surface area contributed by atoms with Crippen LogP contribution in [0.15, 0.2) is 0 Å². The normalized spacial score (nSPS) is 46.4. The number of ether oxygens (including phenoxy) is 2. The van der Waals surface area contributed by atoms with Crippen molar-refractivity contribution in [3.05, 3.63) is 0 Å². The van der Waals surface area contributed by atoms with Crippen LogP contribution in [0.1, 0.15) is 91.9 Å². The van der Waals surface area contributed by atoms with Crippen LogP contribution in [0.2, 0.25) is 0 Å². The van der Waals surface area contributed by atoms with E-state index in [-0.39, 0.29) is 35.0 Å². The number of carbonyl (C=O) groups is 2. The van der Waals surface area contributed by atoms with Gasteiger partial charge >= 0.3 is 11.9 Å². The highest BCUT2D eigenvalue weighted by atomic mass is 16.5. The number of aliphatic hydroxyl groups is 1. The summed E-state index contributed by atoms with van der Waals surface area (Å²) in [4.78, 5) is 23.6. The number of carbonyl (C=O) groups excluding carboxylic acids is 2. The molecule has 10 atom stereocenters. The van der Waals surface area contributed by atoms with Gasteiger partial charge in [-0.15, -0.1) is 0 Å². The van der Waals surface area contributed by atoms with Crippen LogP contribution < -0.4 is 0 Å². The highest BCUT2D eigenvalue weighted by Gasteiger charge is 2.64. The van der Waals surface area contributed by atoms with Crippen molar-refractivity contribution in [1.29, 1.82) is 0 Å². The van der Waals surface area contributed by atoms with Crippen LogP contribution in [0, 0.1) is 46.3 Å². The number of hydrogen-bond acceptors (Lipinski definition) is 5. The van der Waals surface area contributed by atoms with Crippen LogP contribution in [0.4, 0.5) is 0 Å². The largest absolute Gasteiger partial charge is 0.469 e. The van der Waals surface area contributed by atoms with Gasteiger partial charge in [-0.2, -0.15) is 0 Å². The van der Waals surface area contributed by atoms with Gasteiger partial charge in [-0.05, 0) is 98.7 Å². The van der Waals surface area contributed by atoms with Gasteiger partial charge in [-0.3, -0.25) is 9.59 Å². The molecule has 0 aromatic rings. The van der Waals surface area contributed by atoms with E-state index in [0.29, 0.717) is 41.9 Å². The summed E-state index contributed by atoms with van der Waals surface area (Å²) in [6.07, 6.45) is 9.79. The third kappa shape index (κ3) is 3.80. The molecule has 4 saturated carbocycles. The Morgan fingerprint density at radius 2 is 1.84 bits per heavy atom. The first-order chi connectivity index (χ1) is 15.1. The van der Waals surface area contributed by atoms with Crippen LogP contribution in [-0.2, 0) is 19.1 Å². The van der Waals surface area contributed by atoms with E-state index in [0.717, 1.165) is 38.5 Å². The Hall–Kier alpha value is -1.10. The van der Waals surface area contributed by atoms with Crippen LogP contribution in [0.5, 0.6) is 0 Å². The molecule has 4 aliphatic carbocycles. The SMILES string of the molecule is COC(=O)CC[C@@H](C)[C@H]1CC[C@H]2[C@@H]3[C@@H](O)C[C@@H]4CCCC(OC(C)=O)[C@]4(C)[C@H]3CC[C@]12C. The Bertz CT molecular complexity index is 721. The van der Waals surface area contributed by atoms with Crippen LogP contribution in [0.25, 0.3) is 0 Å². The number of esters is 2. The summed E-state index contributed by atoms with van der Waals surface area (Å²) in [5, 5.41) is 11.5. The minimum Gasteiger partial charge on any atom is -0.469 e. The molecule has 0 radical (unpaired) electrons. The van der Waals surface area contributed by atoms with E-state index < -0.39 is 0 Å². The number of methoxy groups -OCH3 is 1. The monoisotopic (exact) mass is 448 g/mol. The van der Waals surface area contributed by atoms with Gasteiger partial charge in [0.1, 0.15) is 6.10 Å². The Labute approximate surface area is 194 Å². The van der Waals surface area contributed by atoms with Crippen molar-refractivity contribution in [2.75, 3.05) is 7.11 Å². The molecule has 5 nitrogen and oxygen atoms in total. The molecule has 0 aromatic heterocycles. The van der Waals surface area contributed by atoms with E-state index >= 15 is 0 Å². The van der Waals surface area contributed by atoms with Crippen molar-refractivity contribution in [3.8, 4) is 0 Å². The van der Waals surface area contributed by atoms with Gasteiger partial charge in [-0.1, -0.05) is 20.8 Å². The lowest BCUT2D eigenvalue weighted by molar-refractivity contribution is -0.211. The van der Waals surface area contributed by atoms with Crippen LogP contribution in [-0.4, -0.2) is 36.4 Å². The minimum atomic E-state index is -0.247.